The highest BCUT2D eigenvalue weighted by atomic mass is 35.5. The second kappa shape index (κ2) is 9.10. The molecule has 6 heteroatoms. The number of thioether (sulfide) groups is 1. The van der Waals surface area contributed by atoms with Crippen molar-refractivity contribution in [2.45, 2.75) is 31.4 Å². The molecule has 4 nitrogen and oxygen atoms in total. The molecule has 112 valence electrons. The average Bonchev–Trinajstić information content (AvgIpc) is 2.38. The summed E-state index contributed by atoms with van der Waals surface area (Å²) in [5.41, 5.74) is 6.75. The van der Waals surface area contributed by atoms with Gasteiger partial charge in [0.15, 0.2) is 0 Å². The van der Waals surface area contributed by atoms with Crippen LogP contribution in [0.4, 0.5) is 11.4 Å². The Bertz CT molecular complexity index is 443. The number of anilines is 2. The Kier molecular flexibility index (Phi) is 7.80. The van der Waals surface area contributed by atoms with E-state index in [4.69, 9.17) is 22.4 Å². The Morgan fingerprint density at radius 1 is 1.55 bits per heavy atom. The van der Waals surface area contributed by atoms with Gasteiger partial charge in [-0.1, -0.05) is 18.5 Å². The minimum Gasteiger partial charge on any atom is -0.399 e. The number of benzene rings is 1. The van der Waals surface area contributed by atoms with Gasteiger partial charge in [0, 0.05) is 24.0 Å². The van der Waals surface area contributed by atoms with Crippen molar-refractivity contribution in [2.75, 3.05) is 23.4 Å². The average molecular weight is 317 g/mol. The van der Waals surface area contributed by atoms with Crippen LogP contribution in [0.1, 0.15) is 26.2 Å². The summed E-state index contributed by atoms with van der Waals surface area (Å²) >= 11 is 7.76. The van der Waals surface area contributed by atoms with E-state index >= 15 is 0 Å². The fraction of sp³-hybridized carbons (Fsp3) is 0.500. The molecule has 1 atom stereocenters. The quantitative estimate of drug-likeness (QED) is 0.509. The molecule has 0 spiro atoms. The van der Waals surface area contributed by atoms with Gasteiger partial charge in [0.25, 0.3) is 0 Å². The molecular weight excluding hydrogens is 296 g/mol. The number of carbonyl (C=O) groups excluding carboxylic acids is 1. The van der Waals surface area contributed by atoms with Gasteiger partial charge in [0.2, 0.25) is 5.91 Å². The largest absolute Gasteiger partial charge is 0.399 e. The van der Waals surface area contributed by atoms with Crippen molar-refractivity contribution in [1.82, 2.24) is 0 Å². The highest BCUT2D eigenvalue weighted by Gasteiger charge is 2.07. The maximum atomic E-state index is 11.8. The number of nitrogens with one attached hydrogen (secondary N) is 1. The molecule has 1 aromatic rings. The van der Waals surface area contributed by atoms with Crippen LogP contribution in [0.5, 0.6) is 0 Å². The van der Waals surface area contributed by atoms with E-state index in [-0.39, 0.29) is 12.5 Å². The van der Waals surface area contributed by atoms with Crippen molar-refractivity contribution >= 4 is 40.6 Å². The normalized spacial score (nSPS) is 12.2. The summed E-state index contributed by atoms with van der Waals surface area (Å²) in [6.07, 6.45) is 2.05. The maximum absolute atomic E-state index is 11.8. The van der Waals surface area contributed by atoms with Gasteiger partial charge in [-0.3, -0.25) is 4.79 Å². The second-order valence-electron chi connectivity index (χ2n) is 4.58. The van der Waals surface area contributed by atoms with Crippen molar-refractivity contribution in [3.05, 3.63) is 23.2 Å². The Labute approximate surface area is 129 Å². The molecule has 0 aliphatic rings. The predicted molar refractivity (Wildman–Crippen MR) is 87.4 cm³/mol. The molecule has 0 aliphatic carbocycles. The topological polar surface area (TPSA) is 75.3 Å². The monoisotopic (exact) mass is 316 g/mol. The summed E-state index contributed by atoms with van der Waals surface area (Å²) in [6, 6.07) is 5.02. The molecule has 1 unspecified atom stereocenters. The lowest BCUT2D eigenvalue weighted by atomic mass is 10.2. The van der Waals surface area contributed by atoms with E-state index in [2.05, 4.69) is 12.2 Å². The number of hydrogen-bond donors (Lipinski definition) is 3. The molecule has 20 heavy (non-hydrogen) atoms. The molecule has 1 aromatic carbocycles. The summed E-state index contributed by atoms with van der Waals surface area (Å²) in [5.74, 6) is 0.858. The first-order valence-electron chi connectivity index (χ1n) is 6.60. The first kappa shape index (κ1) is 17.1. The number of aliphatic hydroxyl groups is 1. The summed E-state index contributed by atoms with van der Waals surface area (Å²) in [6.45, 7) is 2.29. The van der Waals surface area contributed by atoms with E-state index in [1.807, 2.05) is 0 Å². The highest BCUT2D eigenvalue weighted by Crippen LogP contribution is 2.24. The van der Waals surface area contributed by atoms with Crippen LogP contribution in [0.25, 0.3) is 0 Å². The van der Waals surface area contributed by atoms with Crippen LogP contribution < -0.4 is 11.1 Å². The van der Waals surface area contributed by atoms with Gasteiger partial charge in [-0.15, -0.1) is 0 Å². The van der Waals surface area contributed by atoms with Crippen LogP contribution in [0, 0.1) is 0 Å². The SMILES string of the molecule is CC(CCO)SCCCC(=O)Nc1ccc(N)cc1Cl. The minimum atomic E-state index is -0.0490. The molecule has 0 saturated heterocycles. The number of aliphatic hydroxyl groups excluding tert-OH is 1. The number of nitrogens with two attached hydrogens (primary N) is 1. The van der Waals surface area contributed by atoms with Crippen molar-refractivity contribution in [1.29, 1.82) is 0 Å². The first-order valence-corrected chi connectivity index (χ1v) is 8.03. The Morgan fingerprint density at radius 2 is 2.30 bits per heavy atom. The smallest absolute Gasteiger partial charge is 0.224 e. The molecule has 0 saturated carbocycles. The Hall–Kier alpha value is -0.910. The van der Waals surface area contributed by atoms with Crippen LogP contribution in [-0.2, 0) is 4.79 Å². The van der Waals surface area contributed by atoms with Crippen molar-refractivity contribution in [2.24, 2.45) is 0 Å². The number of hydrogen-bond acceptors (Lipinski definition) is 4. The molecule has 0 heterocycles. The zero-order valence-electron chi connectivity index (χ0n) is 11.6. The molecule has 0 bridgehead atoms. The lowest BCUT2D eigenvalue weighted by Crippen LogP contribution is -2.12. The van der Waals surface area contributed by atoms with E-state index in [0.29, 0.717) is 28.1 Å². The Balaban J connectivity index is 2.26. The van der Waals surface area contributed by atoms with Gasteiger partial charge in [0.05, 0.1) is 10.7 Å². The fourth-order valence-electron chi connectivity index (χ4n) is 1.63. The van der Waals surface area contributed by atoms with Crippen LogP contribution >= 0.6 is 23.4 Å². The summed E-state index contributed by atoms with van der Waals surface area (Å²) in [5, 5.41) is 12.4. The zero-order chi connectivity index (χ0) is 15.0. The van der Waals surface area contributed by atoms with E-state index < -0.39 is 0 Å². The third kappa shape index (κ3) is 6.50. The predicted octanol–water partition coefficient (Wildman–Crippen LogP) is 3.15. The van der Waals surface area contributed by atoms with E-state index in [1.54, 1.807) is 30.0 Å². The third-order valence-corrected chi connectivity index (χ3v) is 4.40. The summed E-state index contributed by atoms with van der Waals surface area (Å²) in [4.78, 5) is 11.8. The number of carbonyl (C=O) groups is 1. The number of amides is 1. The van der Waals surface area contributed by atoms with Gasteiger partial charge >= 0.3 is 0 Å². The second-order valence-corrected chi connectivity index (χ2v) is 6.54. The van der Waals surface area contributed by atoms with Gasteiger partial charge in [0.1, 0.15) is 0 Å². The Morgan fingerprint density at radius 3 is 2.95 bits per heavy atom. The van der Waals surface area contributed by atoms with Gasteiger partial charge < -0.3 is 16.2 Å². The van der Waals surface area contributed by atoms with Crippen LogP contribution in [-0.4, -0.2) is 28.6 Å². The lowest BCUT2D eigenvalue weighted by molar-refractivity contribution is -0.116. The third-order valence-electron chi connectivity index (χ3n) is 2.75. The molecule has 4 N–H and O–H groups in total. The molecule has 0 fully saturated rings. The first-order chi connectivity index (χ1) is 9.52. The minimum absolute atomic E-state index is 0.0490. The molecule has 1 rings (SSSR count). The molecule has 0 aliphatic heterocycles. The lowest BCUT2D eigenvalue weighted by Gasteiger charge is -2.10. The van der Waals surface area contributed by atoms with Crippen molar-refractivity contribution in [3.8, 4) is 0 Å². The molecule has 0 radical (unpaired) electrons. The maximum Gasteiger partial charge on any atom is 0.224 e. The van der Waals surface area contributed by atoms with Crippen LogP contribution in [0.3, 0.4) is 0 Å². The van der Waals surface area contributed by atoms with Gasteiger partial charge in [-0.2, -0.15) is 11.8 Å². The van der Waals surface area contributed by atoms with Gasteiger partial charge in [-0.05, 0) is 36.8 Å². The summed E-state index contributed by atoms with van der Waals surface area (Å²) in [7, 11) is 0. The molecule has 0 aromatic heterocycles. The van der Waals surface area contributed by atoms with Crippen molar-refractivity contribution < 1.29 is 9.90 Å². The van der Waals surface area contributed by atoms with Crippen molar-refractivity contribution in [3.63, 3.8) is 0 Å². The van der Waals surface area contributed by atoms with Gasteiger partial charge in [-0.25, -0.2) is 0 Å². The van der Waals surface area contributed by atoms with E-state index in [9.17, 15) is 4.79 Å². The van der Waals surface area contributed by atoms with Crippen LogP contribution in [0.2, 0.25) is 5.02 Å². The highest BCUT2D eigenvalue weighted by molar-refractivity contribution is 7.99. The zero-order valence-corrected chi connectivity index (χ0v) is 13.1. The number of nitrogen functional groups attached to an aromatic ring is 1. The van der Waals surface area contributed by atoms with E-state index in [1.165, 1.54) is 0 Å². The van der Waals surface area contributed by atoms with Crippen LogP contribution in [0.15, 0.2) is 18.2 Å². The summed E-state index contributed by atoms with van der Waals surface area (Å²) < 4.78 is 0. The number of rotatable bonds is 8. The number of halogens is 1. The molecular formula is C14H21ClN2O2S. The standard InChI is InChI=1S/C14H21ClN2O2S/c1-10(6-7-18)20-8-2-3-14(19)17-13-5-4-11(16)9-12(13)15/h4-5,9-10,18H,2-3,6-8,16H2,1H3,(H,17,19). The van der Waals surface area contributed by atoms with E-state index in [0.717, 1.165) is 18.6 Å². The fourth-order valence-corrected chi connectivity index (χ4v) is 2.85. The molecule has 1 amide bonds.